The van der Waals surface area contributed by atoms with Crippen molar-refractivity contribution in [2.75, 3.05) is 5.88 Å². The first-order valence-electron chi connectivity index (χ1n) is 5.37. The molecule has 0 saturated heterocycles. The molecule has 1 aromatic rings. The highest BCUT2D eigenvalue weighted by atomic mass is 35.5. The van der Waals surface area contributed by atoms with E-state index < -0.39 is 0 Å². The van der Waals surface area contributed by atoms with Crippen molar-refractivity contribution in [3.05, 3.63) is 23.0 Å². The van der Waals surface area contributed by atoms with E-state index in [1.54, 1.807) is 0 Å². The molecule has 0 amide bonds. The summed E-state index contributed by atoms with van der Waals surface area (Å²) in [6.45, 7) is 6.45. The third kappa shape index (κ3) is 3.10. The Hall–Kier alpha value is -0.760. The third-order valence-electron chi connectivity index (χ3n) is 2.51. The molecule has 0 fully saturated rings. The molecule has 15 heavy (non-hydrogen) atoms. The van der Waals surface area contributed by atoms with Crippen LogP contribution in [0, 0.1) is 5.92 Å². The summed E-state index contributed by atoms with van der Waals surface area (Å²) in [7, 11) is 1.95. The average Bonchev–Trinajstić information content (AvgIpc) is 2.54. The van der Waals surface area contributed by atoms with Crippen molar-refractivity contribution in [2.45, 2.75) is 27.2 Å². The first-order valence-corrected chi connectivity index (χ1v) is 5.90. The molecule has 0 bridgehead atoms. The van der Waals surface area contributed by atoms with E-state index in [9.17, 15) is 0 Å². The van der Waals surface area contributed by atoms with Crippen molar-refractivity contribution < 1.29 is 0 Å². The summed E-state index contributed by atoms with van der Waals surface area (Å²) in [6.07, 6.45) is 5.18. The molecule has 84 valence electrons. The maximum Gasteiger partial charge on any atom is 0.0694 e. The molecule has 0 radical (unpaired) electrons. The van der Waals surface area contributed by atoms with Gasteiger partial charge in [-0.2, -0.15) is 5.10 Å². The lowest BCUT2D eigenvalue weighted by atomic mass is 10.0. The van der Waals surface area contributed by atoms with Crippen LogP contribution in [0.2, 0.25) is 0 Å². The van der Waals surface area contributed by atoms with E-state index in [0.717, 1.165) is 12.1 Å². The van der Waals surface area contributed by atoms with E-state index in [4.69, 9.17) is 11.6 Å². The summed E-state index contributed by atoms with van der Waals surface area (Å²) in [5.74, 6) is 1.09. The van der Waals surface area contributed by atoms with Crippen LogP contribution in [0.5, 0.6) is 0 Å². The minimum atomic E-state index is 0.493. The molecule has 0 aliphatic heterocycles. The smallest absolute Gasteiger partial charge is 0.0694 e. The van der Waals surface area contributed by atoms with Crippen molar-refractivity contribution in [3.63, 3.8) is 0 Å². The highest BCUT2D eigenvalue weighted by Crippen LogP contribution is 2.18. The van der Waals surface area contributed by atoms with E-state index in [1.165, 1.54) is 11.1 Å². The average molecular weight is 227 g/mol. The summed E-state index contributed by atoms with van der Waals surface area (Å²) in [5.41, 5.74) is 3.60. The van der Waals surface area contributed by atoms with Crippen LogP contribution in [0.4, 0.5) is 0 Å². The molecule has 0 N–H and O–H groups in total. The number of allylic oxidation sites excluding steroid dienone is 1. The van der Waals surface area contributed by atoms with Gasteiger partial charge in [0.2, 0.25) is 0 Å². The summed E-state index contributed by atoms with van der Waals surface area (Å²) >= 11 is 5.92. The van der Waals surface area contributed by atoms with Gasteiger partial charge in [0.15, 0.2) is 0 Å². The van der Waals surface area contributed by atoms with Gasteiger partial charge in [0.25, 0.3) is 0 Å². The second-order valence-corrected chi connectivity index (χ2v) is 4.33. The van der Waals surface area contributed by atoms with E-state index in [-0.39, 0.29) is 0 Å². The highest BCUT2D eigenvalue weighted by molar-refractivity contribution is 6.19. The molecular formula is C12H19ClN2. The standard InChI is InChI=1S/C12H19ClN2/c1-5-12-11(8-15(4)14-12)6-10(7-13)9(2)3/h6,8-9H,5,7H2,1-4H3/b10-6-. The Bertz CT molecular complexity index is 351. The van der Waals surface area contributed by atoms with Gasteiger partial charge in [0, 0.05) is 24.7 Å². The highest BCUT2D eigenvalue weighted by Gasteiger charge is 2.06. The fourth-order valence-electron chi connectivity index (χ4n) is 1.51. The monoisotopic (exact) mass is 226 g/mol. The lowest BCUT2D eigenvalue weighted by Gasteiger charge is -2.06. The lowest BCUT2D eigenvalue weighted by Crippen LogP contribution is -1.95. The van der Waals surface area contributed by atoms with Crippen LogP contribution in [-0.2, 0) is 13.5 Å². The zero-order valence-electron chi connectivity index (χ0n) is 9.92. The third-order valence-corrected chi connectivity index (χ3v) is 2.82. The Balaban J connectivity index is 3.04. The number of aryl methyl sites for hydroxylation is 2. The van der Waals surface area contributed by atoms with Crippen LogP contribution in [0.1, 0.15) is 32.0 Å². The van der Waals surface area contributed by atoms with Crippen molar-refractivity contribution in [2.24, 2.45) is 13.0 Å². The number of alkyl halides is 1. The van der Waals surface area contributed by atoms with E-state index in [2.05, 4.69) is 31.9 Å². The first-order chi connectivity index (χ1) is 7.08. The van der Waals surface area contributed by atoms with Gasteiger partial charge in [-0.15, -0.1) is 11.6 Å². The predicted molar refractivity (Wildman–Crippen MR) is 66.1 cm³/mol. The number of hydrogen-bond acceptors (Lipinski definition) is 1. The lowest BCUT2D eigenvalue weighted by molar-refractivity contribution is 0.746. The number of nitrogens with zero attached hydrogens (tertiary/aromatic N) is 2. The van der Waals surface area contributed by atoms with Crippen molar-refractivity contribution in [1.82, 2.24) is 9.78 Å². The second-order valence-electron chi connectivity index (χ2n) is 4.07. The molecule has 0 saturated carbocycles. The normalized spacial score (nSPS) is 12.5. The number of halogens is 1. The van der Waals surface area contributed by atoms with Crippen LogP contribution in [0.3, 0.4) is 0 Å². The van der Waals surface area contributed by atoms with Crippen LogP contribution in [0.15, 0.2) is 11.8 Å². The zero-order chi connectivity index (χ0) is 11.4. The molecule has 1 heterocycles. The minimum Gasteiger partial charge on any atom is -0.275 e. The van der Waals surface area contributed by atoms with Gasteiger partial charge in [-0.1, -0.05) is 32.4 Å². The molecule has 1 aromatic heterocycles. The molecule has 2 nitrogen and oxygen atoms in total. The van der Waals surface area contributed by atoms with Crippen LogP contribution >= 0.6 is 11.6 Å². The Kier molecular flexibility index (Phi) is 4.40. The quantitative estimate of drug-likeness (QED) is 0.721. The van der Waals surface area contributed by atoms with Gasteiger partial charge in [-0.05, 0) is 12.3 Å². The SMILES string of the molecule is CCc1nn(C)cc1/C=C(/CCl)C(C)C. The molecule has 0 aliphatic rings. The molecule has 0 atom stereocenters. The van der Waals surface area contributed by atoms with Crippen LogP contribution in [-0.4, -0.2) is 15.7 Å². The fraction of sp³-hybridized carbons (Fsp3) is 0.583. The fourth-order valence-corrected chi connectivity index (χ4v) is 1.89. The zero-order valence-corrected chi connectivity index (χ0v) is 10.7. The maximum absolute atomic E-state index is 5.92. The summed E-state index contributed by atoms with van der Waals surface area (Å²) in [6, 6.07) is 0. The molecule has 0 spiro atoms. The molecule has 3 heteroatoms. The predicted octanol–water partition coefficient (Wildman–Crippen LogP) is 3.26. The molecule has 0 unspecified atom stereocenters. The number of rotatable bonds is 4. The van der Waals surface area contributed by atoms with Gasteiger partial charge >= 0.3 is 0 Å². The van der Waals surface area contributed by atoms with Gasteiger partial charge in [0.1, 0.15) is 0 Å². The second kappa shape index (κ2) is 5.36. The number of hydrogen-bond donors (Lipinski definition) is 0. The van der Waals surface area contributed by atoms with E-state index in [0.29, 0.717) is 11.8 Å². The van der Waals surface area contributed by atoms with Crippen LogP contribution < -0.4 is 0 Å². The molecule has 0 aliphatic carbocycles. The van der Waals surface area contributed by atoms with E-state index in [1.807, 2.05) is 17.9 Å². The Labute approximate surface area is 96.9 Å². The molecular weight excluding hydrogens is 208 g/mol. The summed E-state index contributed by atoms with van der Waals surface area (Å²) in [4.78, 5) is 0. The Morgan fingerprint density at radius 2 is 2.27 bits per heavy atom. The van der Waals surface area contributed by atoms with Crippen molar-refractivity contribution >= 4 is 17.7 Å². The van der Waals surface area contributed by atoms with Gasteiger partial charge in [-0.25, -0.2) is 0 Å². The molecule has 0 aromatic carbocycles. The van der Waals surface area contributed by atoms with Crippen molar-refractivity contribution in [1.29, 1.82) is 0 Å². The van der Waals surface area contributed by atoms with Gasteiger partial charge < -0.3 is 0 Å². The number of aromatic nitrogens is 2. The van der Waals surface area contributed by atoms with Gasteiger partial charge in [-0.3, -0.25) is 4.68 Å². The van der Waals surface area contributed by atoms with Crippen molar-refractivity contribution in [3.8, 4) is 0 Å². The topological polar surface area (TPSA) is 17.8 Å². The summed E-state index contributed by atoms with van der Waals surface area (Å²) < 4.78 is 1.86. The van der Waals surface area contributed by atoms with Crippen LogP contribution in [0.25, 0.3) is 6.08 Å². The maximum atomic E-state index is 5.92. The minimum absolute atomic E-state index is 0.493. The molecule has 1 rings (SSSR count). The largest absolute Gasteiger partial charge is 0.275 e. The Morgan fingerprint density at radius 1 is 1.60 bits per heavy atom. The summed E-state index contributed by atoms with van der Waals surface area (Å²) in [5, 5.41) is 4.40. The first kappa shape index (κ1) is 12.3. The van der Waals surface area contributed by atoms with Gasteiger partial charge in [0.05, 0.1) is 5.69 Å². The Morgan fingerprint density at radius 3 is 2.73 bits per heavy atom. The van der Waals surface area contributed by atoms with E-state index >= 15 is 0 Å².